The van der Waals surface area contributed by atoms with Crippen LogP contribution in [0.25, 0.3) is 16.7 Å². The number of ether oxygens (including phenoxy) is 2. The predicted molar refractivity (Wildman–Crippen MR) is 96.9 cm³/mol. The minimum Gasteiger partial charge on any atom is -0.454 e. The van der Waals surface area contributed by atoms with E-state index in [1.54, 1.807) is 6.33 Å². The van der Waals surface area contributed by atoms with E-state index in [4.69, 9.17) is 9.47 Å². The Morgan fingerprint density at radius 3 is 2.69 bits per heavy atom. The molecule has 1 aromatic heterocycles. The summed E-state index contributed by atoms with van der Waals surface area (Å²) in [4.78, 5) is 19.1. The largest absolute Gasteiger partial charge is 0.454 e. The van der Waals surface area contributed by atoms with Gasteiger partial charge in [-0.2, -0.15) is 0 Å². The highest BCUT2D eigenvalue weighted by Crippen LogP contribution is 2.34. The van der Waals surface area contributed by atoms with Crippen LogP contribution in [0.3, 0.4) is 0 Å². The Morgan fingerprint density at radius 2 is 1.81 bits per heavy atom. The molecule has 0 spiro atoms. The fourth-order valence-corrected chi connectivity index (χ4v) is 3.67. The Hall–Kier alpha value is -3.02. The summed E-state index contributed by atoms with van der Waals surface area (Å²) < 4.78 is 12.8. The molecule has 1 amide bonds. The minimum atomic E-state index is 0.101. The lowest BCUT2D eigenvalue weighted by atomic mass is 10.1. The molecule has 0 unspecified atom stereocenters. The molecule has 26 heavy (non-hydrogen) atoms. The van der Waals surface area contributed by atoms with Crippen molar-refractivity contribution in [2.24, 2.45) is 0 Å². The maximum absolute atomic E-state index is 12.7. The molecule has 3 aromatic rings. The van der Waals surface area contributed by atoms with Gasteiger partial charge in [-0.1, -0.05) is 0 Å². The summed E-state index contributed by atoms with van der Waals surface area (Å²) in [5.41, 5.74) is 3.42. The van der Waals surface area contributed by atoms with E-state index >= 15 is 0 Å². The first kappa shape index (κ1) is 15.3. The van der Waals surface area contributed by atoms with Crippen molar-refractivity contribution in [2.75, 3.05) is 19.9 Å². The van der Waals surface area contributed by atoms with Crippen molar-refractivity contribution in [1.82, 2.24) is 14.5 Å². The number of carbonyl (C=O) groups excluding carboxylic acids is 1. The Morgan fingerprint density at radius 1 is 0.962 bits per heavy atom. The highest BCUT2D eigenvalue weighted by molar-refractivity contribution is 5.97. The SMILES string of the molecule is O=C(c1ccc2c(c1)ncn2-c1ccc2c(c1)OCO2)N1CCCCC1. The molecular formula is C20H19N3O3. The van der Waals surface area contributed by atoms with Crippen LogP contribution in [-0.2, 0) is 0 Å². The molecule has 6 heteroatoms. The number of carbonyl (C=O) groups is 1. The Balaban J connectivity index is 1.49. The van der Waals surface area contributed by atoms with Crippen molar-refractivity contribution in [3.05, 3.63) is 48.3 Å². The third-order valence-electron chi connectivity index (χ3n) is 5.07. The van der Waals surface area contributed by atoms with Crippen LogP contribution < -0.4 is 9.47 Å². The maximum atomic E-state index is 12.7. The van der Waals surface area contributed by atoms with Crippen LogP contribution >= 0.6 is 0 Å². The van der Waals surface area contributed by atoms with Crippen molar-refractivity contribution < 1.29 is 14.3 Å². The van der Waals surface area contributed by atoms with Crippen LogP contribution in [0.2, 0.25) is 0 Å². The topological polar surface area (TPSA) is 56.6 Å². The lowest BCUT2D eigenvalue weighted by Crippen LogP contribution is -2.35. The van der Waals surface area contributed by atoms with Gasteiger partial charge < -0.3 is 14.4 Å². The van der Waals surface area contributed by atoms with Crippen molar-refractivity contribution >= 4 is 16.9 Å². The maximum Gasteiger partial charge on any atom is 0.253 e. The Labute approximate surface area is 151 Å². The predicted octanol–water partition coefficient (Wildman–Crippen LogP) is 3.38. The summed E-state index contributed by atoms with van der Waals surface area (Å²) in [6, 6.07) is 11.6. The first-order valence-corrected chi connectivity index (χ1v) is 8.96. The van der Waals surface area contributed by atoms with Crippen LogP contribution in [0.1, 0.15) is 29.6 Å². The van der Waals surface area contributed by atoms with Crippen LogP contribution in [-0.4, -0.2) is 40.2 Å². The molecule has 0 radical (unpaired) electrons. The number of piperidine rings is 1. The van der Waals surface area contributed by atoms with Crippen LogP contribution in [0, 0.1) is 0 Å². The lowest BCUT2D eigenvalue weighted by Gasteiger charge is -2.26. The van der Waals surface area contributed by atoms with E-state index in [1.165, 1.54) is 6.42 Å². The fourth-order valence-electron chi connectivity index (χ4n) is 3.67. The molecule has 0 aliphatic carbocycles. The number of fused-ring (bicyclic) bond motifs is 2. The van der Waals surface area contributed by atoms with Crippen LogP contribution in [0.4, 0.5) is 0 Å². The second-order valence-corrected chi connectivity index (χ2v) is 6.71. The number of nitrogens with zero attached hydrogens (tertiary/aromatic N) is 3. The average Bonchev–Trinajstić information content (AvgIpc) is 3.33. The molecule has 1 fully saturated rings. The van der Waals surface area contributed by atoms with Gasteiger partial charge in [0.2, 0.25) is 6.79 Å². The molecule has 2 aliphatic heterocycles. The van der Waals surface area contributed by atoms with E-state index in [-0.39, 0.29) is 12.7 Å². The molecule has 5 rings (SSSR count). The van der Waals surface area contributed by atoms with Gasteiger partial charge in [-0.25, -0.2) is 4.98 Å². The first-order chi connectivity index (χ1) is 12.8. The molecule has 0 saturated carbocycles. The molecular weight excluding hydrogens is 330 g/mol. The van der Waals surface area contributed by atoms with Crippen LogP contribution in [0.5, 0.6) is 11.5 Å². The highest BCUT2D eigenvalue weighted by atomic mass is 16.7. The van der Waals surface area contributed by atoms with E-state index in [2.05, 4.69) is 4.98 Å². The second-order valence-electron chi connectivity index (χ2n) is 6.71. The molecule has 1 saturated heterocycles. The second kappa shape index (κ2) is 6.05. The number of aromatic nitrogens is 2. The van der Waals surface area contributed by atoms with Gasteiger partial charge in [0.05, 0.1) is 16.7 Å². The molecule has 2 aliphatic rings. The van der Waals surface area contributed by atoms with E-state index in [0.717, 1.165) is 54.2 Å². The average molecular weight is 349 g/mol. The van der Waals surface area contributed by atoms with Crippen molar-refractivity contribution in [3.63, 3.8) is 0 Å². The number of rotatable bonds is 2. The summed E-state index contributed by atoms with van der Waals surface area (Å²) >= 11 is 0. The highest BCUT2D eigenvalue weighted by Gasteiger charge is 2.19. The summed E-state index contributed by atoms with van der Waals surface area (Å²) in [7, 11) is 0. The van der Waals surface area contributed by atoms with Crippen molar-refractivity contribution in [1.29, 1.82) is 0 Å². The van der Waals surface area contributed by atoms with Crippen LogP contribution in [0.15, 0.2) is 42.7 Å². The molecule has 0 atom stereocenters. The third-order valence-corrected chi connectivity index (χ3v) is 5.07. The van der Waals surface area contributed by atoms with Gasteiger partial charge in [0, 0.05) is 24.7 Å². The lowest BCUT2D eigenvalue weighted by molar-refractivity contribution is 0.0724. The minimum absolute atomic E-state index is 0.101. The Bertz CT molecular complexity index is 989. The zero-order valence-electron chi connectivity index (χ0n) is 14.4. The van der Waals surface area contributed by atoms with E-state index in [0.29, 0.717) is 5.56 Å². The smallest absolute Gasteiger partial charge is 0.253 e. The number of benzene rings is 2. The molecule has 0 bridgehead atoms. The zero-order chi connectivity index (χ0) is 17.5. The van der Waals surface area contributed by atoms with E-state index < -0.39 is 0 Å². The van der Waals surface area contributed by atoms with Gasteiger partial charge >= 0.3 is 0 Å². The number of likely N-dealkylation sites (tertiary alicyclic amines) is 1. The molecule has 0 N–H and O–H groups in total. The van der Waals surface area contributed by atoms with Crippen molar-refractivity contribution in [2.45, 2.75) is 19.3 Å². The van der Waals surface area contributed by atoms with Gasteiger partial charge in [-0.3, -0.25) is 9.36 Å². The fraction of sp³-hybridized carbons (Fsp3) is 0.300. The first-order valence-electron chi connectivity index (χ1n) is 8.96. The Kier molecular flexibility index (Phi) is 3.55. The molecule has 132 valence electrons. The quantitative estimate of drug-likeness (QED) is 0.712. The van der Waals surface area contributed by atoms with Gasteiger partial charge in [0.1, 0.15) is 6.33 Å². The summed E-state index contributed by atoms with van der Waals surface area (Å²) in [5.74, 6) is 1.60. The number of hydrogen-bond donors (Lipinski definition) is 0. The van der Waals surface area contributed by atoms with Gasteiger partial charge in [-0.15, -0.1) is 0 Å². The van der Waals surface area contributed by atoms with E-state index in [1.807, 2.05) is 45.9 Å². The number of imidazole rings is 1. The standard InChI is InChI=1S/C20H19N3O3/c24-20(22-8-2-1-3-9-22)14-4-6-17-16(10-14)21-12-23(17)15-5-7-18-19(11-15)26-13-25-18/h4-7,10-12H,1-3,8-9,13H2. The van der Waals surface area contributed by atoms with Gasteiger partial charge in [-0.05, 0) is 49.6 Å². The zero-order valence-corrected chi connectivity index (χ0v) is 14.4. The number of hydrogen-bond acceptors (Lipinski definition) is 4. The molecule has 6 nitrogen and oxygen atoms in total. The summed E-state index contributed by atoms with van der Waals surface area (Å²) in [6.45, 7) is 1.95. The summed E-state index contributed by atoms with van der Waals surface area (Å²) in [6.07, 6.45) is 5.17. The normalized spacial score (nSPS) is 16.2. The van der Waals surface area contributed by atoms with Gasteiger partial charge in [0.25, 0.3) is 5.91 Å². The molecule has 2 aromatic carbocycles. The molecule has 3 heterocycles. The summed E-state index contributed by atoms with van der Waals surface area (Å²) in [5, 5.41) is 0. The van der Waals surface area contributed by atoms with Crippen molar-refractivity contribution in [3.8, 4) is 17.2 Å². The van der Waals surface area contributed by atoms with Gasteiger partial charge in [0.15, 0.2) is 11.5 Å². The van der Waals surface area contributed by atoms with E-state index in [9.17, 15) is 4.79 Å². The monoisotopic (exact) mass is 349 g/mol. The number of amides is 1. The third kappa shape index (κ3) is 2.49.